The molecule has 0 aromatic heterocycles. The van der Waals surface area contributed by atoms with Gasteiger partial charge in [0.05, 0.1) is 11.1 Å². The summed E-state index contributed by atoms with van der Waals surface area (Å²) in [6.45, 7) is 9.05. The molecule has 42 heavy (non-hydrogen) atoms. The molecule has 0 bridgehead atoms. The Hall–Kier alpha value is -4.77. The van der Waals surface area contributed by atoms with E-state index in [1.165, 1.54) is 10.9 Å². The number of anilines is 1. The second-order valence-electron chi connectivity index (χ2n) is 12.4. The summed E-state index contributed by atoms with van der Waals surface area (Å²) in [5, 5.41) is 0. The number of benzene rings is 5. The van der Waals surface area contributed by atoms with Gasteiger partial charge in [-0.1, -0.05) is 78.9 Å². The Kier molecular flexibility index (Phi) is 5.27. The fourth-order valence-corrected chi connectivity index (χ4v) is 6.58. The zero-order chi connectivity index (χ0) is 28.6. The molecule has 204 valence electrons. The first-order chi connectivity index (χ1) is 20.3. The minimum Gasteiger partial charge on any atom is -0.458 e. The molecule has 0 saturated heterocycles. The third-order valence-corrected chi connectivity index (χ3v) is 9.44. The number of hydrogen-bond donors (Lipinski definition) is 0. The van der Waals surface area contributed by atoms with Gasteiger partial charge < -0.3 is 14.4 Å². The van der Waals surface area contributed by atoms with E-state index in [1.807, 2.05) is 12.1 Å². The van der Waals surface area contributed by atoms with Crippen LogP contribution in [0.15, 0.2) is 120 Å². The molecule has 0 atom stereocenters. The van der Waals surface area contributed by atoms with Crippen molar-refractivity contribution in [1.82, 2.24) is 0 Å². The van der Waals surface area contributed by atoms with Gasteiger partial charge >= 0.3 is 0 Å². The summed E-state index contributed by atoms with van der Waals surface area (Å²) < 4.78 is 13.0. The van der Waals surface area contributed by atoms with Crippen LogP contribution in [-0.2, 0) is 0 Å². The van der Waals surface area contributed by atoms with Gasteiger partial charge in [-0.2, -0.15) is 0 Å². The number of amidine groups is 1. The standard InChI is InChI=1S/C37H31BN2O2/c1-36(2)37(3,4)40(27-12-6-5-7-13-27)35(39-36)25-20-18-24(19-21-25)26-22-32-34-33(23-26)42-31-17-11-9-15-29(31)38(34)28-14-8-10-16-30(28)41-32/h5-23H,1-4H3. The molecule has 0 unspecified atom stereocenters. The van der Waals surface area contributed by atoms with E-state index in [4.69, 9.17) is 14.5 Å². The lowest BCUT2D eigenvalue weighted by Crippen LogP contribution is -2.57. The van der Waals surface area contributed by atoms with E-state index >= 15 is 0 Å². The van der Waals surface area contributed by atoms with Crippen molar-refractivity contribution in [2.75, 3.05) is 4.90 Å². The van der Waals surface area contributed by atoms with Gasteiger partial charge in [-0.25, -0.2) is 0 Å². The van der Waals surface area contributed by atoms with E-state index in [0.29, 0.717) is 0 Å². The highest BCUT2D eigenvalue weighted by Crippen LogP contribution is 2.43. The normalized spacial score (nSPS) is 16.9. The number of fused-ring (bicyclic) bond motifs is 4. The third-order valence-electron chi connectivity index (χ3n) is 9.44. The molecule has 0 N–H and O–H groups in total. The second-order valence-corrected chi connectivity index (χ2v) is 12.4. The fourth-order valence-electron chi connectivity index (χ4n) is 6.58. The van der Waals surface area contributed by atoms with Crippen molar-refractivity contribution in [3.8, 4) is 34.1 Å². The maximum atomic E-state index is 6.51. The lowest BCUT2D eigenvalue weighted by atomic mass is 9.35. The van der Waals surface area contributed by atoms with Gasteiger partial charge in [0.1, 0.15) is 28.8 Å². The molecule has 8 rings (SSSR count). The Morgan fingerprint density at radius 3 is 1.69 bits per heavy atom. The molecule has 0 aliphatic carbocycles. The van der Waals surface area contributed by atoms with Crippen LogP contribution in [0.4, 0.5) is 5.69 Å². The Morgan fingerprint density at radius 1 is 0.571 bits per heavy atom. The van der Waals surface area contributed by atoms with Gasteiger partial charge in [0, 0.05) is 16.7 Å². The molecular formula is C37H31BN2O2. The van der Waals surface area contributed by atoms with Crippen LogP contribution in [0.5, 0.6) is 23.0 Å². The highest BCUT2D eigenvalue weighted by Gasteiger charge is 2.49. The smallest absolute Gasteiger partial charge is 0.260 e. The zero-order valence-electron chi connectivity index (χ0n) is 24.3. The van der Waals surface area contributed by atoms with E-state index in [-0.39, 0.29) is 17.8 Å². The van der Waals surface area contributed by atoms with Crippen molar-refractivity contribution in [3.63, 3.8) is 0 Å². The number of aliphatic imine (C=N–C) groups is 1. The molecule has 0 fully saturated rings. The Morgan fingerprint density at radius 2 is 1.10 bits per heavy atom. The van der Waals surface area contributed by atoms with Crippen molar-refractivity contribution < 1.29 is 9.47 Å². The Balaban J connectivity index is 1.20. The van der Waals surface area contributed by atoms with Gasteiger partial charge in [-0.05, 0) is 86.1 Å². The number of para-hydroxylation sites is 3. The summed E-state index contributed by atoms with van der Waals surface area (Å²) in [6, 6.07) is 40.3. The van der Waals surface area contributed by atoms with E-state index in [9.17, 15) is 0 Å². The van der Waals surface area contributed by atoms with Crippen LogP contribution in [0.1, 0.15) is 33.3 Å². The van der Waals surface area contributed by atoms with Crippen LogP contribution < -0.4 is 30.8 Å². The lowest BCUT2D eigenvalue weighted by Gasteiger charge is -2.41. The molecule has 5 heteroatoms. The van der Waals surface area contributed by atoms with E-state index < -0.39 is 0 Å². The fraction of sp³-hybridized carbons (Fsp3) is 0.162. The molecule has 3 aliphatic heterocycles. The molecule has 5 aromatic rings. The van der Waals surface area contributed by atoms with Crippen LogP contribution >= 0.6 is 0 Å². The molecule has 0 spiro atoms. The van der Waals surface area contributed by atoms with Crippen molar-refractivity contribution in [1.29, 1.82) is 0 Å². The summed E-state index contributed by atoms with van der Waals surface area (Å²) in [4.78, 5) is 7.63. The SMILES string of the molecule is CC1(C)N=C(c2ccc(-c3cc4c5c(c3)Oc3ccccc3B5c3ccccc3O4)cc2)N(c2ccccc2)C1(C)C. The quantitative estimate of drug-likeness (QED) is 0.226. The summed E-state index contributed by atoms with van der Waals surface area (Å²) in [5.41, 5.74) is 7.39. The number of hydrogen-bond acceptors (Lipinski definition) is 4. The monoisotopic (exact) mass is 546 g/mol. The van der Waals surface area contributed by atoms with Crippen LogP contribution in [0.25, 0.3) is 11.1 Å². The van der Waals surface area contributed by atoms with E-state index in [0.717, 1.165) is 56.7 Å². The average molecular weight is 546 g/mol. The van der Waals surface area contributed by atoms with Gasteiger partial charge in [-0.15, -0.1) is 0 Å². The van der Waals surface area contributed by atoms with Gasteiger partial charge in [0.25, 0.3) is 6.71 Å². The largest absolute Gasteiger partial charge is 0.458 e. The number of ether oxygens (including phenoxy) is 2. The first kappa shape index (κ1) is 25.0. The molecule has 5 aromatic carbocycles. The van der Waals surface area contributed by atoms with Crippen molar-refractivity contribution in [3.05, 3.63) is 121 Å². The highest BCUT2D eigenvalue weighted by molar-refractivity contribution is 6.98. The summed E-state index contributed by atoms with van der Waals surface area (Å²) in [5.74, 6) is 4.49. The molecule has 0 amide bonds. The van der Waals surface area contributed by atoms with Gasteiger partial charge in [-0.3, -0.25) is 4.99 Å². The van der Waals surface area contributed by atoms with E-state index in [1.54, 1.807) is 0 Å². The Labute approximate surface area is 247 Å². The molecular weight excluding hydrogens is 515 g/mol. The predicted molar refractivity (Wildman–Crippen MR) is 173 cm³/mol. The van der Waals surface area contributed by atoms with Crippen LogP contribution in [0, 0.1) is 0 Å². The molecule has 3 heterocycles. The van der Waals surface area contributed by atoms with Crippen molar-refractivity contribution in [2.24, 2.45) is 4.99 Å². The Bertz CT molecular complexity index is 1820. The van der Waals surface area contributed by atoms with Crippen LogP contribution in [-0.4, -0.2) is 23.6 Å². The van der Waals surface area contributed by atoms with Crippen LogP contribution in [0.2, 0.25) is 0 Å². The zero-order valence-corrected chi connectivity index (χ0v) is 24.3. The highest BCUT2D eigenvalue weighted by atomic mass is 16.5. The first-order valence-corrected chi connectivity index (χ1v) is 14.6. The van der Waals surface area contributed by atoms with E-state index in [2.05, 4.69) is 136 Å². The third kappa shape index (κ3) is 3.59. The average Bonchev–Trinajstić information content (AvgIpc) is 3.20. The summed E-state index contributed by atoms with van der Waals surface area (Å²) in [7, 11) is 0. The maximum Gasteiger partial charge on any atom is 0.260 e. The van der Waals surface area contributed by atoms with Gasteiger partial charge in [0.2, 0.25) is 0 Å². The maximum absolute atomic E-state index is 6.51. The first-order valence-electron chi connectivity index (χ1n) is 14.6. The molecule has 0 radical (unpaired) electrons. The minimum absolute atomic E-state index is 0.0809. The molecule has 4 nitrogen and oxygen atoms in total. The van der Waals surface area contributed by atoms with Crippen LogP contribution in [0.3, 0.4) is 0 Å². The van der Waals surface area contributed by atoms with Gasteiger partial charge in [0.15, 0.2) is 0 Å². The molecule has 3 aliphatic rings. The predicted octanol–water partition coefficient (Wildman–Crippen LogP) is 6.91. The minimum atomic E-state index is -0.254. The summed E-state index contributed by atoms with van der Waals surface area (Å²) >= 11 is 0. The topological polar surface area (TPSA) is 34.1 Å². The second kappa shape index (κ2) is 8.87. The number of rotatable bonds is 3. The van der Waals surface area contributed by atoms with Crippen molar-refractivity contribution >= 4 is 34.6 Å². The molecule has 0 saturated carbocycles. The lowest BCUT2D eigenvalue weighted by molar-refractivity contribution is 0.338. The summed E-state index contributed by atoms with van der Waals surface area (Å²) in [6.07, 6.45) is 0. The van der Waals surface area contributed by atoms with Crippen molar-refractivity contribution in [2.45, 2.75) is 38.8 Å². The number of nitrogens with zero attached hydrogens (tertiary/aromatic N) is 2.